The van der Waals surface area contributed by atoms with E-state index in [1.54, 1.807) is 17.6 Å². The van der Waals surface area contributed by atoms with Crippen LogP contribution in [-0.4, -0.2) is 37.5 Å². The van der Waals surface area contributed by atoms with Gasteiger partial charge in [-0.05, 0) is 19.1 Å². The van der Waals surface area contributed by atoms with Gasteiger partial charge < -0.3 is 9.64 Å². The maximum Gasteiger partial charge on any atom is 0.203 e. The smallest absolute Gasteiger partial charge is 0.203 e. The molecule has 3 rings (SSSR count). The number of nitrogens with one attached hydrogen (secondary N) is 1. The quantitative estimate of drug-likeness (QED) is 0.651. The molecule has 0 atom stereocenters. The van der Waals surface area contributed by atoms with Gasteiger partial charge in [-0.2, -0.15) is 5.10 Å². The van der Waals surface area contributed by atoms with E-state index in [2.05, 4.69) is 54.5 Å². The molecule has 1 saturated heterocycles. The largest absolute Gasteiger partial charge is 0.378 e. The van der Waals surface area contributed by atoms with Crippen LogP contribution in [0.5, 0.6) is 0 Å². The number of aryl methyl sites for hydroxylation is 1. The van der Waals surface area contributed by atoms with Crippen LogP contribution in [0.1, 0.15) is 11.3 Å². The van der Waals surface area contributed by atoms with Crippen molar-refractivity contribution in [3.8, 4) is 0 Å². The van der Waals surface area contributed by atoms with Gasteiger partial charge in [0.15, 0.2) is 0 Å². The molecular weight excluding hydrogens is 364 g/mol. The highest BCUT2D eigenvalue weighted by molar-refractivity contribution is 9.10. The number of hydrogen-bond donors (Lipinski definition) is 1. The molecule has 7 heteroatoms. The van der Waals surface area contributed by atoms with Crippen LogP contribution in [0, 0.1) is 6.92 Å². The highest BCUT2D eigenvalue weighted by Crippen LogP contribution is 2.24. The van der Waals surface area contributed by atoms with Gasteiger partial charge in [-0.15, -0.1) is 11.3 Å². The minimum absolute atomic E-state index is 0.790. The molecule has 116 valence electrons. The Kier molecular flexibility index (Phi) is 5.07. The van der Waals surface area contributed by atoms with Crippen molar-refractivity contribution in [2.75, 3.05) is 36.6 Å². The number of nitrogens with zero attached hydrogens (tertiary/aromatic N) is 3. The van der Waals surface area contributed by atoms with Gasteiger partial charge in [-0.1, -0.05) is 22.0 Å². The van der Waals surface area contributed by atoms with E-state index in [1.807, 2.05) is 12.3 Å². The fourth-order valence-electron chi connectivity index (χ4n) is 2.20. The maximum absolute atomic E-state index is 5.38. The van der Waals surface area contributed by atoms with Crippen LogP contribution >= 0.6 is 27.3 Å². The number of hydrogen-bond acceptors (Lipinski definition) is 6. The summed E-state index contributed by atoms with van der Waals surface area (Å²) in [4.78, 5) is 6.63. The van der Waals surface area contributed by atoms with Crippen molar-refractivity contribution in [2.24, 2.45) is 5.10 Å². The molecule has 1 aromatic heterocycles. The van der Waals surface area contributed by atoms with Crippen LogP contribution in [0.25, 0.3) is 0 Å². The summed E-state index contributed by atoms with van der Waals surface area (Å²) in [6.45, 7) is 5.41. The molecule has 0 saturated carbocycles. The highest BCUT2D eigenvalue weighted by Gasteiger charge is 2.12. The fraction of sp³-hybridized carbons (Fsp3) is 0.333. The van der Waals surface area contributed by atoms with Crippen molar-refractivity contribution in [1.29, 1.82) is 0 Å². The summed E-state index contributed by atoms with van der Waals surface area (Å²) in [5.41, 5.74) is 6.18. The number of hydrazone groups is 1. The summed E-state index contributed by atoms with van der Waals surface area (Å²) >= 11 is 5.16. The van der Waals surface area contributed by atoms with Crippen molar-refractivity contribution in [1.82, 2.24) is 4.98 Å². The van der Waals surface area contributed by atoms with E-state index < -0.39 is 0 Å². The first-order valence-corrected chi connectivity index (χ1v) is 8.73. The molecular formula is C15H17BrN4OS. The van der Waals surface area contributed by atoms with Crippen LogP contribution in [0.3, 0.4) is 0 Å². The lowest BCUT2D eigenvalue weighted by Gasteiger charge is -2.29. The number of benzene rings is 1. The first-order valence-electron chi connectivity index (χ1n) is 7.06. The Labute approximate surface area is 142 Å². The van der Waals surface area contributed by atoms with Gasteiger partial charge in [0.25, 0.3) is 0 Å². The van der Waals surface area contributed by atoms with Crippen molar-refractivity contribution < 1.29 is 4.74 Å². The average molecular weight is 381 g/mol. The van der Waals surface area contributed by atoms with Crippen LogP contribution in [0.4, 0.5) is 10.8 Å². The van der Waals surface area contributed by atoms with Gasteiger partial charge in [-0.25, -0.2) is 4.98 Å². The van der Waals surface area contributed by atoms with Gasteiger partial charge in [0.1, 0.15) is 0 Å². The van der Waals surface area contributed by atoms with Crippen LogP contribution in [0.2, 0.25) is 0 Å². The number of anilines is 2. The molecule has 1 aliphatic rings. The first-order chi connectivity index (χ1) is 10.7. The second kappa shape index (κ2) is 7.21. The molecule has 0 bridgehead atoms. The lowest BCUT2D eigenvalue weighted by Crippen LogP contribution is -2.36. The Balaban J connectivity index is 1.66. The summed E-state index contributed by atoms with van der Waals surface area (Å²) in [5, 5.41) is 7.03. The number of halogens is 1. The van der Waals surface area contributed by atoms with E-state index in [4.69, 9.17) is 4.74 Å². The van der Waals surface area contributed by atoms with E-state index in [9.17, 15) is 0 Å². The highest BCUT2D eigenvalue weighted by atomic mass is 79.9. The van der Waals surface area contributed by atoms with Gasteiger partial charge >= 0.3 is 0 Å². The van der Waals surface area contributed by atoms with E-state index in [-0.39, 0.29) is 0 Å². The summed E-state index contributed by atoms with van der Waals surface area (Å²) < 4.78 is 6.41. The van der Waals surface area contributed by atoms with E-state index in [0.29, 0.717) is 0 Å². The molecule has 1 aliphatic heterocycles. The Hall–Kier alpha value is -1.44. The molecule has 22 heavy (non-hydrogen) atoms. The topological polar surface area (TPSA) is 49.8 Å². The average Bonchev–Trinajstić information content (AvgIpc) is 2.95. The molecule has 2 heterocycles. The number of ether oxygens (including phenoxy) is 1. The summed E-state index contributed by atoms with van der Waals surface area (Å²) in [6.07, 6.45) is 1.80. The summed E-state index contributed by atoms with van der Waals surface area (Å²) in [7, 11) is 0. The van der Waals surface area contributed by atoms with E-state index in [0.717, 1.165) is 47.2 Å². The predicted octanol–water partition coefficient (Wildman–Crippen LogP) is 3.50. The minimum Gasteiger partial charge on any atom is -0.378 e. The third-order valence-corrected chi connectivity index (χ3v) is 4.89. The normalized spacial score (nSPS) is 15.5. The second-order valence-electron chi connectivity index (χ2n) is 4.97. The zero-order chi connectivity index (χ0) is 15.4. The molecule has 0 radical (unpaired) electrons. The Morgan fingerprint density at radius 3 is 2.91 bits per heavy atom. The number of morpholine rings is 1. The van der Waals surface area contributed by atoms with Crippen LogP contribution in [-0.2, 0) is 4.74 Å². The molecule has 2 aromatic rings. The predicted molar refractivity (Wildman–Crippen MR) is 95.2 cm³/mol. The van der Waals surface area contributed by atoms with Crippen molar-refractivity contribution in [2.45, 2.75) is 6.92 Å². The third-order valence-electron chi connectivity index (χ3n) is 3.34. The molecule has 1 fully saturated rings. The molecule has 5 nitrogen and oxygen atoms in total. The number of thiazole rings is 1. The standard InChI is InChI=1S/C15H17BrN4OS/c1-11-10-22-15(18-11)19-17-9-12-2-3-13(8-14(12)16)20-4-6-21-7-5-20/h2-3,8-10H,4-7H2,1H3,(H,18,19). The lowest BCUT2D eigenvalue weighted by molar-refractivity contribution is 0.122. The number of aromatic nitrogens is 1. The second-order valence-corrected chi connectivity index (χ2v) is 6.68. The fourth-order valence-corrected chi connectivity index (χ4v) is 3.31. The minimum atomic E-state index is 0.790. The molecule has 1 N–H and O–H groups in total. The van der Waals surface area contributed by atoms with Gasteiger partial charge in [0.05, 0.1) is 25.1 Å². The van der Waals surface area contributed by atoms with Crippen LogP contribution in [0.15, 0.2) is 33.2 Å². The monoisotopic (exact) mass is 380 g/mol. The zero-order valence-electron chi connectivity index (χ0n) is 12.3. The van der Waals surface area contributed by atoms with Gasteiger partial charge in [0.2, 0.25) is 5.13 Å². The zero-order valence-corrected chi connectivity index (χ0v) is 14.7. The SMILES string of the molecule is Cc1csc(NN=Cc2ccc(N3CCOCC3)cc2Br)n1. The van der Waals surface area contributed by atoms with Gasteiger partial charge in [-0.3, -0.25) is 5.43 Å². The Morgan fingerprint density at radius 2 is 2.23 bits per heavy atom. The third kappa shape index (κ3) is 3.85. The van der Waals surface area contributed by atoms with Crippen LogP contribution < -0.4 is 10.3 Å². The number of rotatable bonds is 4. The Morgan fingerprint density at radius 1 is 1.41 bits per heavy atom. The van der Waals surface area contributed by atoms with Crippen molar-refractivity contribution in [3.63, 3.8) is 0 Å². The Bertz CT molecular complexity index is 667. The summed E-state index contributed by atoms with van der Waals surface area (Å²) in [5.74, 6) is 0. The first kappa shape index (κ1) is 15.5. The lowest BCUT2D eigenvalue weighted by atomic mass is 10.2. The van der Waals surface area contributed by atoms with Crippen molar-refractivity contribution in [3.05, 3.63) is 39.3 Å². The summed E-state index contributed by atoms with van der Waals surface area (Å²) in [6, 6.07) is 6.30. The molecule has 0 aliphatic carbocycles. The maximum atomic E-state index is 5.38. The van der Waals surface area contributed by atoms with Gasteiger partial charge in [0, 0.05) is 34.2 Å². The van der Waals surface area contributed by atoms with E-state index in [1.165, 1.54) is 5.69 Å². The van der Waals surface area contributed by atoms with Crippen molar-refractivity contribution >= 4 is 44.3 Å². The molecule has 0 spiro atoms. The molecule has 1 aromatic carbocycles. The van der Waals surface area contributed by atoms with E-state index >= 15 is 0 Å². The molecule has 0 unspecified atom stereocenters. The molecule has 0 amide bonds.